The van der Waals surface area contributed by atoms with E-state index in [4.69, 9.17) is 0 Å². The van der Waals surface area contributed by atoms with Crippen LogP contribution in [0.5, 0.6) is 0 Å². The van der Waals surface area contributed by atoms with Crippen LogP contribution in [0, 0.1) is 17.6 Å². The van der Waals surface area contributed by atoms with Crippen molar-refractivity contribution in [3.8, 4) is 0 Å². The van der Waals surface area contributed by atoms with Crippen LogP contribution < -0.4 is 0 Å². The highest BCUT2D eigenvalue weighted by atomic mass is 32.2. The van der Waals surface area contributed by atoms with Crippen LogP contribution in [0.3, 0.4) is 0 Å². The summed E-state index contributed by atoms with van der Waals surface area (Å²) < 4.78 is 51.3. The summed E-state index contributed by atoms with van der Waals surface area (Å²) in [7, 11) is -3.25. The van der Waals surface area contributed by atoms with Crippen molar-refractivity contribution in [3.05, 3.63) is 29.6 Å². The highest BCUT2D eigenvalue weighted by Gasteiger charge is 2.49. The molecule has 6 nitrogen and oxygen atoms in total. The van der Waals surface area contributed by atoms with Crippen LogP contribution in [0.4, 0.5) is 8.78 Å². The molecule has 3 aliphatic rings. The number of piperazine rings is 1. The molecular formula is C16H19F2N3O3S. The van der Waals surface area contributed by atoms with Gasteiger partial charge in [0.2, 0.25) is 0 Å². The van der Waals surface area contributed by atoms with E-state index in [2.05, 4.69) is 9.88 Å². The van der Waals surface area contributed by atoms with E-state index in [1.807, 2.05) is 0 Å². The Labute approximate surface area is 144 Å². The molecule has 0 bridgehead atoms. The van der Waals surface area contributed by atoms with E-state index in [0.717, 1.165) is 25.6 Å². The van der Waals surface area contributed by atoms with Crippen LogP contribution in [0.2, 0.25) is 0 Å². The summed E-state index contributed by atoms with van der Waals surface area (Å²) in [5.41, 5.74) is -0.458. The number of aromatic nitrogens is 1. The van der Waals surface area contributed by atoms with Crippen molar-refractivity contribution in [2.75, 3.05) is 31.1 Å². The molecule has 2 atom stereocenters. The summed E-state index contributed by atoms with van der Waals surface area (Å²) in [5.74, 6) is -2.04. The van der Waals surface area contributed by atoms with Gasteiger partial charge in [-0.1, -0.05) is 0 Å². The largest absolute Gasteiger partial charge is 0.330 e. The number of fused-ring (bicyclic) bond motifs is 1. The summed E-state index contributed by atoms with van der Waals surface area (Å²) in [5, 5.41) is 0. The zero-order chi connectivity index (χ0) is 17.8. The Kier molecular flexibility index (Phi) is 4.03. The molecule has 2 unspecified atom stereocenters. The Morgan fingerprint density at radius 2 is 1.92 bits per heavy atom. The monoisotopic (exact) mass is 371 g/mol. The first kappa shape index (κ1) is 16.8. The number of pyridine rings is 1. The van der Waals surface area contributed by atoms with Gasteiger partial charge in [0.25, 0.3) is 5.91 Å². The van der Waals surface area contributed by atoms with Gasteiger partial charge in [-0.25, -0.2) is 22.2 Å². The van der Waals surface area contributed by atoms with E-state index in [0.29, 0.717) is 25.1 Å². The van der Waals surface area contributed by atoms with Crippen molar-refractivity contribution in [1.29, 1.82) is 0 Å². The molecule has 136 valence electrons. The fourth-order valence-corrected chi connectivity index (χ4v) is 5.86. The summed E-state index contributed by atoms with van der Waals surface area (Å²) in [4.78, 5) is 19.9. The topological polar surface area (TPSA) is 70.6 Å². The van der Waals surface area contributed by atoms with Crippen molar-refractivity contribution in [2.24, 2.45) is 5.92 Å². The molecule has 2 saturated heterocycles. The van der Waals surface area contributed by atoms with E-state index in [9.17, 15) is 22.0 Å². The third-order valence-electron chi connectivity index (χ3n) is 5.25. The standard InChI is InChI=1S/C16H19F2N3O3S/c17-11-5-12(18)15(19-6-11)16(22)21-4-3-20(7-10-1-2-10)13-8-25(23,24)9-14(13)21/h5-6,10,13-14H,1-4,7-9H2. The maximum Gasteiger partial charge on any atom is 0.275 e. The highest BCUT2D eigenvalue weighted by Crippen LogP contribution is 2.34. The molecule has 3 fully saturated rings. The molecule has 25 heavy (non-hydrogen) atoms. The maximum absolute atomic E-state index is 13.9. The molecule has 1 saturated carbocycles. The molecule has 9 heteroatoms. The number of sulfone groups is 1. The number of rotatable bonds is 3. The number of halogens is 2. The van der Waals surface area contributed by atoms with Crippen molar-refractivity contribution in [2.45, 2.75) is 24.9 Å². The molecule has 0 N–H and O–H groups in total. The molecule has 0 aromatic carbocycles. The molecule has 4 rings (SSSR count). The van der Waals surface area contributed by atoms with Gasteiger partial charge < -0.3 is 4.90 Å². The number of hydrogen-bond donors (Lipinski definition) is 0. The molecular weight excluding hydrogens is 352 g/mol. The highest BCUT2D eigenvalue weighted by molar-refractivity contribution is 7.91. The Balaban J connectivity index is 1.60. The molecule has 0 spiro atoms. The van der Waals surface area contributed by atoms with Gasteiger partial charge in [0, 0.05) is 31.7 Å². The number of amides is 1. The minimum atomic E-state index is -3.25. The maximum atomic E-state index is 13.9. The summed E-state index contributed by atoms with van der Waals surface area (Å²) in [6.07, 6.45) is 3.12. The van der Waals surface area contributed by atoms with Crippen molar-refractivity contribution >= 4 is 15.7 Å². The second-order valence-electron chi connectivity index (χ2n) is 7.13. The second-order valence-corrected chi connectivity index (χ2v) is 9.29. The van der Waals surface area contributed by atoms with Crippen LogP contribution >= 0.6 is 0 Å². The third kappa shape index (κ3) is 3.27. The first-order valence-corrected chi connectivity index (χ1v) is 10.2. The molecule has 0 radical (unpaired) electrons. The average molecular weight is 371 g/mol. The molecule has 1 aromatic heterocycles. The zero-order valence-corrected chi connectivity index (χ0v) is 14.4. The van der Waals surface area contributed by atoms with Crippen molar-refractivity contribution in [1.82, 2.24) is 14.8 Å². The molecule has 1 amide bonds. The van der Waals surface area contributed by atoms with Crippen molar-refractivity contribution in [3.63, 3.8) is 0 Å². The average Bonchev–Trinajstić information content (AvgIpc) is 3.27. The van der Waals surface area contributed by atoms with Gasteiger partial charge in [-0.3, -0.25) is 9.69 Å². The van der Waals surface area contributed by atoms with Crippen LogP contribution in [0.1, 0.15) is 23.3 Å². The molecule has 3 heterocycles. The van der Waals surface area contributed by atoms with Crippen LogP contribution in [0.25, 0.3) is 0 Å². The Morgan fingerprint density at radius 3 is 2.60 bits per heavy atom. The van der Waals surface area contributed by atoms with E-state index < -0.39 is 39.1 Å². The van der Waals surface area contributed by atoms with Crippen LogP contribution in [-0.4, -0.2) is 72.3 Å². The lowest BCUT2D eigenvalue weighted by atomic mass is 10.0. The SMILES string of the molecule is O=C(c1ncc(F)cc1F)N1CCN(CC2CC2)C2CS(=O)(=O)CC21. The summed E-state index contributed by atoms with van der Waals surface area (Å²) in [6.45, 7) is 1.73. The van der Waals surface area contributed by atoms with Gasteiger partial charge in [0.15, 0.2) is 21.3 Å². The predicted molar refractivity (Wildman–Crippen MR) is 85.7 cm³/mol. The summed E-state index contributed by atoms with van der Waals surface area (Å²) in [6, 6.07) is -0.144. The quantitative estimate of drug-likeness (QED) is 0.782. The van der Waals surface area contributed by atoms with E-state index in [1.165, 1.54) is 4.90 Å². The second kappa shape index (κ2) is 5.98. The minimum Gasteiger partial charge on any atom is -0.330 e. The van der Waals surface area contributed by atoms with Gasteiger partial charge in [-0.2, -0.15) is 0 Å². The Bertz CT molecular complexity index is 813. The molecule has 1 aliphatic carbocycles. The zero-order valence-electron chi connectivity index (χ0n) is 13.6. The van der Waals surface area contributed by atoms with E-state index >= 15 is 0 Å². The van der Waals surface area contributed by atoms with Crippen LogP contribution in [0.15, 0.2) is 12.3 Å². The molecule has 1 aromatic rings. The lowest BCUT2D eigenvalue weighted by Crippen LogP contribution is -2.61. The van der Waals surface area contributed by atoms with Crippen LogP contribution in [-0.2, 0) is 9.84 Å². The van der Waals surface area contributed by atoms with Crippen molar-refractivity contribution < 1.29 is 22.0 Å². The Hall–Kier alpha value is -1.61. The smallest absolute Gasteiger partial charge is 0.275 e. The van der Waals surface area contributed by atoms with Gasteiger partial charge >= 0.3 is 0 Å². The molecule has 2 aliphatic heterocycles. The van der Waals surface area contributed by atoms with E-state index in [1.54, 1.807) is 0 Å². The van der Waals surface area contributed by atoms with Gasteiger partial charge in [-0.15, -0.1) is 0 Å². The first-order chi connectivity index (χ1) is 11.8. The van der Waals surface area contributed by atoms with E-state index in [-0.39, 0.29) is 17.5 Å². The fraction of sp³-hybridized carbons (Fsp3) is 0.625. The fourth-order valence-electron chi connectivity index (χ4n) is 3.84. The van der Waals surface area contributed by atoms with Gasteiger partial charge in [0.1, 0.15) is 5.82 Å². The number of nitrogens with zero attached hydrogens (tertiary/aromatic N) is 3. The van der Waals surface area contributed by atoms with Gasteiger partial charge in [0.05, 0.1) is 23.7 Å². The van der Waals surface area contributed by atoms with Gasteiger partial charge in [-0.05, 0) is 18.8 Å². The number of carbonyl (C=O) groups excluding carboxylic acids is 1. The lowest BCUT2D eigenvalue weighted by Gasteiger charge is -2.43. The number of carbonyl (C=O) groups is 1. The number of hydrogen-bond acceptors (Lipinski definition) is 5. The summed E-state index contributed by atoms with van der Waals surface area (Å²) >= 11 is 0. The third-order valence-corrected chi connectivity index (χ3v) is 6.95. The lowest BCUT2D eigenvalue weighted by molar-refractivity contribution is 0.0309. The predicted octanol–water partition coefficient (Wildman–Crippen LogP) is 0.693. The minimum absolute atomic E-state index is 0.0213. The first-order valence-electron chi connectivity index (χ1n) is 8.40. The normalized spacial score (nSPS) is 28.8. The Morgan fingerprint density at radius 1 is 1.20 bits per heavy atom.